The maximum atomic E-state index is 13.5. The van der Waals surface area contributed by atoms with E-state index in [2.05, 4.69) is 0 Å². The van der Waals surface area contributed by atoms with Gasteiger partial charge in [-0.05, 0) is 36.4 Å². The molecule has 2 aromatic rings. The Balaban J connectivity index is 2.42. The van der Waals surface area contributed by atoms with E-state index in [1.54, 1.807) is 4.72 Å². The van der Waals surface area contributed by atoms with Gasteiger partial charge in [0.1, 0.15) is 5.82 Å². The Hall–Kier alpha value is -2.23. The SMILES string of the molecule is O=S(=O)(Nc1cc(C(F)(F)F)ccc1F)c1ccc(F)c(F)c1. The summed E-state index contributed by atoms with van der Waals surface area (Å²) >= 11 is 0. The summed E-state index contributed by atoms with van der Waals surface area (Å²) in [5, 5.41) is 0. The quantitative estimate of drug-likeness (QED) is 0.849. The van der Waals surface area contributed by atoms with Gasteiger partial charge in [0.15, 0.2) is 11.6 Å². The van der Waals surface area contributed by atoms with Crippen molar-refractivity contribution in [1.82, 2.24) is 0 Å². The molecule has 0 saturated carbocycles. The van der Waals surface area contributed by atoms with E-state index in [4.69, 9.17) is 0 Å². The van der Waals surface area contributed by atoms with Crippen LogP contribution in [0, 0.1) is 17.5 Å². The lowest BCUT2D eigenvalue weighted by molar-refractivity contribution is -0.137. The summed E-state index contributed by atoms with van der Waals surface area (Å²) in [4.78, 5) is -0.770. The Morgan fingerprint density at radius 1 is 0.826 bits per heavy atom. The number of hydrogen-bond acceptors (Lipinski definition) is 2. The fourth-order valence-electron chi connectivity index (χ4n) is 1.63. The van der Waals surface area contributed by atoms with E-state index in [9.17, 15) is 34.8 Å². The average molecular weight is 355 g/mol. The van der Waals surface area contributed by atoms with Gasteiger partial charge in [0.05, 0.1) is 16.1 Å². The van der Waals surface area contributed by atoms with Crippen LogP contribution in [0.2, 0.25) is 0 Å². The fourth-order valence-corrected chi connectivity index (χ4v) is 2.70. The van der Waals surface area contributed by atoms with Crippen molar-refractivity contribution in [3.05, 3.63) is 59.4 Å². The first-order valence-corrected chi connectivity index (χ1v) is 7.33. The molecule has 0 saturated heterocycles. The molecular formula is C13H7F6NO2S. The largest absolute Gasteiger partial charge is 0.416 e. The van der Waals surface area contributed by atoms with E-state index in [-0.39, 0.29) is 6.07 Å². The summed E-state index contributed by atoms with van der Waals surface area (Å²) in [6, 6.07) is 2.66. The first-order valence-electron chi connectivity index (χ1n) is 5.85. The second-order valence-corrected chi connectivity index (χ2v) is 6.06. The molecule has 124 valence electrons. The number of benzene rings is 2. The van der Waals surface area contributed by atoms with Gasteiger partial charge in [-0.15, -0.1) is 0 Å². The van der Waals surface area contributed by atoms with Crippen molar-refractivity contribution >= 4 is 15.7 Å². The van der Waals surface area contributed by atoms with E-state index in [0.717, 1.165) is 0 Å². The van der Waals surface area contributed by atoms with E-state index < -0.39 is 49.8 Å². The van der Waals surface area contributed by atoms with Crippen LogP contribution >= 0.6 is 0 Å². The minimum atomic E-state index is -4.81. The minimum Gasteiger partial charge on any atom is -0.277 e. The Morgan fingerprint density at radius 2 is 1.43 bits per heavy atom. The highest BCUT2D eigenvalue weighted by Crippen LogP contribution is 2.32. The highest BCUT2D eigenvalue weighted by Gasteiger charge is 2.31. The Labute approximate surface area is 126 Å². The van der Waals surface area contributed by atoms with Gasteiger partial charge in [-0.2, -0.15) is 13.2 Å². The van der Waals surface area contributed by atoms with Crippen molar-refractivity contribution in [1.29, 1.82) is 0 Å². The van der Waals surface area contributed by atoms with Crippen molar-refractivity contribution in [3.8, 4) is 0 Å². The summed E-state index contributed by atoms with van der Waals surface area (Å²) in [6.07, 6.45) is -4.81. The lowest BCUT2D eigenvalue weighted by atomic mass is 10.2. The zero-order valence-electron chi connectivity index (χ0n) is 11.0. The second kappa shape index (κ2) is 5.76. The predicted octanol–water partition coefficient (Wildman–Crippen LogP) is 3.92. The molecule has 10 heteroatoms. The molecule has 0 aliphatic carbocycles. The predicted molar refractivity (Wildman–Crippen MR) is 68.6 cm³/mol. The molecule has 0 aromatic heterocycles. The smallest absolute Gasteiger partial charge is 0.277 e. The molecule has 3 nitrogen and oxygen atoms in total. The maximum Gasteiger partial charge on any atom is 0.416 e. The highest BCUT2D eigenvalue weighted by atomic mass is 32.2. The van der Waals surface area contributed by atoms with E-state index in [1.165, 1.54) is 0 Å². The third-order valence-electron chi connectivity index (χ3n) is 2.74. The average Bonchev–Trinajstić information content (AvgIpc) is 2.42. The van der Waals surface area contributed by atoms with Gasteiger partial charge < -0.3 is 0 Å². The van der Waals surface area contributed by atoms with Crippen LogP contribution in [-0.4, -0.2) is 8.42 Å². The van der Waals surface area contributed by atoms with Crippen LogP contribution in [0.5, 0.6) is 0 Å². The summed E-state index contributed by atoms with van der Waals surface area (Å²) < 4.78 is 102. The molecule has 0 bridgehead atoms. The van der Waals surface area contributed by atoms with Crippen LogP contribution in [-0.2, 0) is 16.2 Å². The molecule has 0 fully saturated rings. The van der Waals surface area contributed by atoms with Crippen LogP contribution < -0.4 is 4.72 Å². The standard InChI is InChI=1S/C13H7F6NO2S/c14-9-4-2-8(6-11(9)16)23(21,22)20-12-5-7(13(17,18)19)1-3-10(12)15/h1-6,20H. The van der Waals surface area contributed by atoms with E-state index in [0.29, 0.717) is 30.3 Å². The molecule has 2 rings (SSSR count). The van der Waals surface area contributed by atoms with Crippen molar-refractivity contribution in [3.63, 3.8) is 0 Å². The third-order valence-corrected chi connectivity index (χ3v) is 4.10. The Bertz CT molecular complexity index is 848. The molecule has 0 amide bonds. The van der Waals surface area contributed by atoms with Crippen LogP contribution in [0.3, 0.4) is 0 Å². The summed E-state index contributed by atoms with van der Waals surface area (Å²) in [7, 11) is -4.60. The van der Waals surface area contributed by atoms with Gasteiger partial charge in [-0.1, -0.05) is 0 Å². The van der Waals surface area contributed by atoms with E-state index in [1.807, 2.05) is 0 Å². The topological polar surface area (TPSA) is 46.2 Å². The molecule has 23 heavy (non-hydrogen) atoms. The minimum absolute atomic E-state index is 0.257. The third kappa shape index (κ3) is 3.76. The molecule has 2 aromatic carbocycles. The van der Waals surface area contributed by atoms with E-state index >= 15 is 0 Å². The van der Waals surface area contributed by atoms with Crippen LogP contribution in [0.4, 0.5) is 32.0 Å². The van der Waals surface area contributed by atoms with Crippen molar-refractivity contribution in [2.75, 3.05) is 4.72 Å². The molecule has 0 unspecified atom stereocenters. The molecule has 1 N–H and O–H groups in total. The highest BCUT2D eigenvalue weighted by molar-refractivity contribution is 7.92. The number of alkyl halides is 3. The normalized spacial score (nSPS) is 12.3. The number of nitrogens with one attached hydrogen (secondary N) is 1. The molecule has 0 heterocycles. The van der Waals surface area contributed by atoms with Gasteiger partial charge in [0, 0.05) is 0 Å². The maximum absolute atomic E-state index is 13.5. The summed E-state index contributed by atoms with van der Waals surface area (Å²) in [5.74, 6) is -4.05. The monoisotopic (exact) mass is 355 g/mol. The molecular weight excluding hydrogens is 348 g/mol. The molecule has 0 atom stereocenters. The summed E-state index contributed by atoms with van der Waals surface area (Å²) in [6.45, 7) is 0. The van der Waals surface area contributed by atoms with Crippen molar-refractivity contribution in [2.24, 2.45) is 0 Å². The number of anilines is 1. The number of sulfonamides is 1. The van der Waals surface area contributed by atoms with Gasteiger partial charge in [0.25, 0.3) is 10.0 Å². The van der Waals surface area contributed by atoms with Crippen LogP contribution in [0.1, 0.15) is 5.56 Å². The zero-order valence-corrected chi connectivity index (χ0v) is 11.8. The first-order chi connectivity index (χ1) is 10.5. The summed E-state index contributed by atoms with van der Waals surface area (Å²) in [5.41, 5.74) is -2.24. The fraction of sp³-hybridized carbons (Fsp3) is 0.0769. The van der Waals surface area contributed by atoms with Crippen LogP contribution in [0.15, 0.2) is 41.3 Å². The molecule has 0 aliphatic rings. The lowest BCUT2D eigenvalue weighted by Crippen LogP contribution is -2.15. The molecule has 0 aliphatic heterocycles. The Kier molecular flexibility index (Phi) is 4.29. The lowest BCUT2D eigenvalue weighted by Gasteiger charge is -2.12. The van der Waals surface area contributed by atoms with Gasteiger partial charge in [-0.25, -0.2) is 21.6 Å². The van der Waals surface area contributed by atoms with Gasteiger partial charge in [0.2, 0.25) is 0 Å². The van der Waals surface area contributed by atoms with Crippen molar-refractivity contribution in [2.45, 2.75) is 11.1 Å². The molecule has 0 spiro atoms. The Morgan fingerprint density at radius 3 is 2.00 bits per heavy atom. The van der Waals surface area contributed by atoms with Crippen molar-refractivity contribution < 1.29 is 34.8 Å². The number of halogens is 6. The van der Waals surface area contributed by atoms with Crippen LogP contribution in [0.25, 0.3) is 0 Å². The first kappa shape index (κ1) is 17.1. The zero-order chi connectivity index (χ0) is 17.4. The number of hydrogen-bond donors (Lipinski definition) is 1. The number of rotatable bonds is 3. The molecule has 0 radical (unpaired) electrons. The second-order valence-electron chi connectivity index (χ2n) is 4.37. The van der Waals surface area contributed by atoms with Gasteiger partial charge >= 0.3 is 6.18 Å². The van der Waals surface area contributed by atoms with Gasteiger partial charge in [-0.3, -0.25) is 4.72 Å².